The fourth-order valence-corrected chi connectivity index (χ4v) is 3.57. The van der Waals surface area contributed by atoms with Crippen molar-refractivity contribution in [1.29, 1.82) is 5.26 Å². The van der Waals surface area contributed by atoms with Crippen molar-refractivity contribution in [2.75, 3.05) is 6.54 Å². The fraction of sp³-hybridized carbons (Fsp3) is 0.400. The van der Waals surface area contributed by atoms with E-state index in [1.807, 2.05) is 21.8 Å². The van der Waals surface area contributed by atoms with Gasteiger partial charge in [-0.05, 0) is 36.8 Å². The van der Waals surface area contributed by atoms with Crippen LogP contribution in [0.1, 0.15) is 34.5 Å². The fourth-order valence-electron chi connectivity index (χ4n) is 2.78. The van der Waals surface area contributed by atoms with Gasteiger partial charge in [0, 0.05) is 18.9 Å². The van der Waals surface area contributed by atoms with Crippen LogP contribution in [0.3, 0.4) is 0 Å². The van der Waals surface area contributed by atoms with Crippen LogP contribution in [0.2, 0.25) is 0 Å². The van der Waals surface area contributed by atoms with E-state index in [0.717, 1.165) is 25.8 Å². The number of amides is 1. The number of rotatable bonds is 3. The Hall–Kier alpha value is -2.13. The van der Waals surface area contributed by atoms with Gasteiger partial charge in [-0.1, -0.05) is 0 Å². The molecule has 1 fully saturated rings. The van der Waals surface area contributed by atoms with Crippen LogP contribution in [0, 0.1) is 11.3 Å². The van der Waals surface area contributed by atoms with E-state index in [-0.39, 0.29) is 11.9 Å². The minimum Gasteiger partial charge on any atom is -0.333 e. The van der Waals surface area contributed by atoms with E-state index >= 15 is 0 Å². The Morgan fingerprint density at radius 3 is 3.19 bits per heavy atom. The van der Waals surface area contributed by atoms with Gasteiger partial charge in [-0.15, -0.1) is 11.3 Å². The maximum atomic E-state index is 12.7. The Kier molecular flexibility index (Phi) is 4.02. The second-order valence-electron chi connectivity index (χ2n) is 5.15. The van der Waals surface area contributed by atoms with Crippen molar-refractivity contribution in [3.05, 3.63) is 40.3 Å². The van der Waals surface area contributed by atoms with Gasteiger partial charge < -0.3 is 4.90 Å². The number of likely N-dealkylation sites (tertiary alicyclic amines) is 1. The summed E-state index contributed by atoms with van der Waals surface area (Å²) in [5, 5.41) is 15.1. The average Bonchev–Trinajstić information content (AvgIpc) is 3.18. The molecule has 0 spiro atoms. The van der Waals surface area contributed by atoms with Gasteiger partial charge in [0.05, 0.1) is 18.2 Å². The summed E-state index contributed by atoms with van der Waals surface area (Å²) in [4.78, 5) is 15.2. The summed E-state index contributed by atoms with van der Waals surface area (Å²) in [6.45, 7) is 1.47. The summed E-state index contributed by atoms with van der Waals surface area (Å²) >= 11 is 1.35. The molecule has 108 valence electrons. The first-order valence-corrected chi connectivity index (χ1v) is 7.93. The third-order valence-corrected chi connectivity index (χ3v) is 4.73. The van der Waals surface area contributed by atoms with Gasteiger partial charge in [-0.25, -0.2) is 0 Å². The Morgan fingerprint density at radius 2 is 2.43 bits per heavy atom. The molecule has 0 aromatic carbocycles. The molecule has 0 saturated carbocycles. The molecular formula is C15H16N4OS. The number of carbonyl (C=O) groups excluding carboxylic acids is 1. The number of nitrogens with zero attached hydrogens (tertiary/aromatic N) is 4. The summed E-state index contributed by atoms with van der Waals surface area (Å²) in [5.74, 6) is -0.0154. The Balaban J connectivity index is 1.81. The number of nitriles is 1. The van der Waals surface area contributed by atoms with E-state index in [0.29, 0.717) is 17.0 Å². The number of hydrogen-bond acceptors (Lipinski definition) is 4. The molecule has 1 amide bonds. The van der Waals surface area contributed by atoms with Crippen LogP contribution in [0.5, 0.6) is 0 Å². The molecule has 5 nitrogen and oxygen atoms in total. The van der Waals surface area contributed by atoms with E-state index < -0.39 is 0 Å². The molecule has 0 bridgehead atoms. The second kappa shape index (κ2) is 6.10. The largest absolute Gasteiger partial charge is 0.333 e. The average molecular weight is 300 g/mol. The van der Waals surface area contributed by atoms with Crippen LogP contribution in [0.4, 0.5) is 0 Å². The van der Waals surface area contributed by atoms with E-state index in [1.54, 1.807) is 17.6 Å². The van der Waals surface area contributed by atoms with Gasteiger partial charge in [-0.2, -0.15) is 10.4 Å². The van der Waals surface area contributed by atoms with Crippen LogP contribution < -0.4 is 0 Å². The van der Waals surface area contributed by atoms with Crippen molar-refractivity contribution in [3.63, 3.8) is 0 Å². The highest BCUT2D eigenvalue weighted by atomic mass is 32.1. The molecule has 3 heterocycles. The highest BCUT2D eigenvalue weighted by Crippen LogP contribution is 2.24. The molecule has 3 rings (SSSR count). The maximum absolute atomic E-state index is 12.7. The molecule has 1 saturated heterocycles. The second-order valence-corrected chi connectivity index (χ2v) is 6.07. The Labute approximate surface area is 127 Å². The van der Waals surface area contributed by atoms with E-state index in [2.05, 4.69) is 11.2 Å². The lowest BCUT2D eigenvalue weighted by atomic mass is 10.0. The number of hydrogen-bond donors (Lipinski definition) is 0. The lowest BCUT2D eigenvalue weighted by molar-refractivity contribution is 0.0588. The zero-order chi connectivity index (χ0) is 14.7. The predicted octanol–water partition coefficient (Wildman–Crippen LogP) is 2.51. The van der Waals surface area contributed by atoms with Crippen LogP contribution in [0.25, 0.3) is 0 Å². The summed E-state index contributed by atoms with van der Waals surface area (Å²) < 4.78 is 1.87. The number of aromatic nitrogens is 2. The normalized spacial score (nSPS) is 18.4. The topological polar surface area (TPSA) is 61.9 Å². The first kappa shape index (κ1) is 13.8. The standard InChI is InChI=1S/C15H16N4OS/c16-10-12-5-9-21-14(12)15(20)19-8-2-1-4-13(19)11-18-7-3-6-17-18/h3,5-7,9,13H,1-2,4,8,11H2. The molecule has 0 N–H and O–H groups in total. The van der Waals surface area contributed by atoms with Gasteiger partial charge in [-0.3, -0.25) is 9.48 Å². The molecule has 1 atom stereocenters. The minimum absolute atomic E-state index is 0.0154. The molecule has 0 aliphatic carbocycles. The highest BCUT2D eigenvalue weighted by molar-refractivity contribution is 7.12. The Morgan fingerprint density at radius 1 is 1.52 bits per heavy atom. The van der Waals surface area contributed by atoms with Gasteiger partial charge in [0.2, 0.25) is 0 Å². The molecule has 2 aromatic rings. The van der Waals surface area contributed by atoms with Crippen LogP contribution in [0.15, 0.2) is 29.9 Å². The smallest absolute Gasteiger partial charge is 0.265 e. The van der Waals surface area contributed by atoms with Crippen LogP contribution >= 0.6 is 11.3 Å². The summed E-state index contributed by atoms with van der Waals surface area (Å²) in [6.07, 6.45) is 6.81. The van der Waals surface area contributed by atoms with E-state index in [4.69, 9.17) is 5.26 Å². The highest BCUT2D eigenvalue weighted by Gasteiger charge is 2.29. The zero-order valence-electron chi connectivity index (χ0n) is 11.6. The van der Waals surface area contributed by atoms with Gasteiger partial charge in [0.15, 0.2) is 0 Å². The molecular weight excluding hydrogens is 284 g/mol. The lowest BCUT2D eigenvalue weighted by Gasteiger charge is -2.35. The molecule has 21 heavy (non-hydrogen) atoms. The van der Waals surface area contributed by atoms with Crippen molar-refractivity contribution >= 4 is 17.2 Å². The number of carbonyl (C=O) groups is 1. The molecule has 1 aliphatic rings. The quantitative estimate of drug-likeness (QED) is 0.875. The number of thiophene rings is 1. The van der Waals surface area contributed by atoms with Crippen molar-refractivity contribution in [2.24, 2.45) is 0 Å². The molecule has 1 unspecified atom stereocenters. The first-order valence-electron chi connectivity index (χ1n) is 7.05. The van der Waals surface area contributed by atoms with Crippen molar-refractivity contribution in [3.8, 4) is 6.07 Å². The van der Waals surface area contributed by atoms with Crippen molar-refractivity contribution in [1.82, 2.24) is 14.7 Å². The van der Waals surface area contributed by atoms with Crippen molar-refractivity contribution in [2.45, 2.75) is 31.8 Å². The monoisotopic (exact) mass is 300 g/mol. The summed E-state index contributed by atoms with van der Waals surface area (Å²) in [7, 11) is 0. The van der Waals surface area contributed by atoms with E-state index in [9.17, 15) is 4.79 Å². The molecule has 0 radical (unpaired) electrons. The third-order valence-electron chi connectivity index (χ3n) is 3.82. The minimum atomic E-state index is -0.0154. The first-order chi connectivity index (χ1) is 10.3. The summed E-state index contributed by atoms with van der Waals surface area (Å²) in [6, 6.07) is 5.86. The third kappa shape index (κ3) is 2.83. The number of piperidine rings is 1. The van der Waals surface area contributed by atoms with Crippen LogP contribution in [-0.2, 0) is 6.54 Å². The van der Waals surface area contributed by atoms with Gasteiger partial charge in [0.25, 0.3) is 5.91 Å². The predicted molar refractivity (Wildman–Crippen MR) is 79.9 cm³/mol. The molecule has 1 aliphatic heterocycles. The SMILES string of the molecule is N#Cc1ccsc1C(=O)N1CCCCC1Cn1cccn1. The summed E-state index contributed by atoms with van der Waals surface area (Å²) in [5.41, 5.74) is 0.480. The van der Waals surface area contributed by atoms with E-state index in [1.165, 1.54) is 11.3 Å². The lowest BCUT2D eigenvalue weighted by Crippen LogP contribution is -2.45. The zero-order valence-corrected chi connectivity index (χ0v) is 12.4. The molecule has 6 heteroatoms. The Bertz CT molecular complexity index is 656. The molecule has 2 aromatic heterocycles. The maximum Gasteiger partial charge on any atom is 0.265 e. The van der Waals surface area contributed by atoms with Crippen LogP contribution in [-0.4, -0.2) is 33.2 Å². The van der Waals surface area contributed by atoms with Gasteiger partial charge >= 0.3 is 0 Å². The van der Waals surface area contributed by atoms with Crippen molar-refractivity contribution < 1.29 is 4.79 Å². The van der Waals surface area contributed by atoms with Gasteiger partial charge in [0.1, 0.15) is 10.9 Å².